The van der Waals surface area contributed by atoms with Crippen molar-refractivity contribution in [3.63, 3.8) is 0 Å². The van der Waals surface area contributed by atoms with Gasteiger partial charge in [-0.1, -0.05) is 30.3 Å². The van der Waals surface area contributed by atoms with E-state index in [-0.39, 0.29) is 6.61 Å². The second kappa shape index (κ2) is 5.26. The molecule has 1 fully saturated rings. The van der Waals surface area contributed by atoms with E-state index >= 15 is 0 Å². The zero-order valence-electron chi connectivity index (χ0n) is 8.89. The molecule has 1 aliphatic rings. The molecule has 2 N–H and O–H groups in total. The van der Waals surface area contributed by atoms with Crippen LogP contribution in [0.4, 0.5) is 0 Å². The number of nitrogens with one attached hydrogen (secondary N) is 1. The molecule has 1 aliphatic heterocycles. The third kappa shape index (κ3) is 2.78. The van der Waals surface area contributed by atoms with Crippen molar-refractivity contribution >= 4 is 0 Å². The van der Waals surface area contributed by atoms with Gasteiger partial charge in [-0.2, -0.15) is 0 Å². The molecule has 1 saturated heterocycles. The van der Waals surface area contributed by atoms with Gasteiger partial charge in [-0.25, -0.2) is 0 Å². The van der Waals surface area contributed by atoms with Crippen molar-refractivity contribution in [2.45, 2.75) is 12.6 Å². The summed E-state index contributed by atoms with van der Waals surface area (Å²) in [4.78, 5) is 2.34. The summed E-state index contributed by atoms with van der Waals surface area (Å²) in [5.41, 5.74) is 1.32. The summed E-state index contributed by atoms with van der Waals surface area (Å²) in [6, 6.07) is 11.0. The highest BCUT2D eigenvalue weighted by atomic mass is 16.3. The second-order valence-corrected chi connectivity index (χ2v) is 3.99. The molecule has 15 heavy (non-hydrogen) atoms. The van der Waals surface area contributed by atoms with Crippen molar-refractivity contribution in [2.24, 2.45) is 0 Å². The first-order valence-electron chi connectivity index (χ1n) is 5.49. The molecule has 82 valence electrons. The van der Waals surface area contributed by atoms with Crippen molar-refractivity contribution in [2.75, 3.05) is 26.2 Å². The Kier molecular flexibility index (Phi) is 3.72. The Bertz CT molecular complexity index is 285. The van der Waals surface area contributed by atoms with Crippen molar-refractivity contribution in [1.82, 2.24) is 10.2 Å². The SMILES string of the molecule is OCCN(Cc1ccccc1)C1CNC1. The number of aliphatic hydroxyl groups excluding tert-OH is 1. The van der Waals surface area contributed by atoms with E-state index < -0.39 is 0 Å². The molecule has 2 rings (SSSR count). The molecule has 0 unspecified atom stereocenters. The van der Waals surface area contributed by atoms with Crippen molar-refractivity contribution in [1.29, 1.82) is 0 Å². The minimum Gasteiger partial charge on any atom is -0.395 e. The second-order valence-electron chi connectivity index (χ2n) is 3.99. The summed E-state index contributed by atoms with van der Waals surface area (Å²) in [6.07, 6.45) is 0. The Hall–Kier alpha value is -0.900. The lowest BCUT2D eigenvalue weighted by Gasteiger charge is -2.38. The zero-order valence-corrected chi connectivity index (χ0v) is 8.89. The van der Waals surface area contributed by atoms with E-state index in [9.17, 15) is 0 Å². The Balaban J connectivity index is 1.93. The predicted octanol–water partition coefficient (Wildman–Crippen LogP) is 0.453. The van der Waals surface area contributed by atoms with Crippen LogP contribution < -0.4 is 5.32 Å². The maximum absolute atomic E-state index is 9.02. The molecule has 1 aromatic carbocycles. The Morgan fingerprint density at radius 2 is 2.00 bits per heavy atom. The van der Waals surface area contributed by atoms with Crippen molar-refractivity contribution in [3.05, 3.63) is 35.9 Å². The molecule has 3 heteroatoms. The molecule has 0 aromatic heterocycles. The highest BCUT2D eigenvalue weighted by Crippen LogP contribution is 2.10. The van der Waals surface area contributed by atoms with E-state index in [1.807, 2.05) is 6.07 Å². The van der Waals surface area contributed by atoms with Crippen LogP contribution in [0.25, 0.3) is 0 Å². The first kappa shape index (κ1) is 10.6. The van der Waals surface area contributed by atoms with E-state index in [2.05, 4.69) is 34.5 Å². The largest absolute Gasteiger partial charge is 0.395 e. The van der Waals surface area contributed by atoms with Gasteiger partial charge in [0.25, 0.3) is 0 Å². The van der Waals surface area contributed by atoms with Gasteiger partial charge < -0.3 is 10.4 Å². The normalized spacial score (nSPS) is 16.7. The number of hydrogen-bond donors (Lipinski definition) is 2. The molecule has 3 nitrogen and oxygen atoms in total. The molecule has 0 bridgehead atoms. The van der Waals surface area contributed by atoms with E-state index in [4.69, 9.17) is 5.11 Å². The Morgan fingerprint density at radius 1 is 1.27 bits per heavy atom. The van der Waals surface area contributed by atoms with Crippen LogP contribution in [-0.4, -0.2) is 42.3 Å². The molecule has 0 amide bonds. The third-order valence-electron chi connectivity index (χ3n) is 2.89. The summed E-state index contributed by atoms with van der Waals surface area (Å²) in [7, 11) is 0. The predicted molar refractivity (Wildman–Crippen MR) is 60.6 cm³/mol. The van der Waals surface area contributed by atoms with Crippen LogP contribution in [-0.2, 0) is 6.54 Å². The Morgan fingerprint density at radius 3 is 2.53 bits per heavy atom. The molecule has 0 aliphatic carbocycles. The van der Waals surface area contributed by atoms with Gasteiger partial charge in [-0.15, -0.1) is 0 Å². The van der Waals surface area contributed by atoms with Gasteiger partial charge in [0.2, 0.25) is 0 Å². The molecule has 0 atom stereocenters. The van der Waals surface area contributed by atoms with Crippen LogP contribution in [0.2, 0.25) is 0 Å². The minimum absolute atomic E-state index is 0.239. The number of nitrogens with zero attached hydrogens (tertiary/aromatic N) is 1. The van der Waals surface area contributed by atoms with Crippen molar-refractivity contribution in [3.8, 4) is 0 Å². The fraction of sp³-hybridized carbons (Fsp3) is 0.500. The topological polar surface area (TPSA) is 35.5 Å². The summed E-state index contributed by atoms with van der Waals surface area (Å²) < 4.78 is 0. The van der Waals surface area contributed by atoms with Crippen LogP contribution in [0, 0.1) is 0 Å². The number of benzene rings is 1. The number of rotatable bonds is 5. The average Bonchev–Trinajstić information content (AvgIpc) is 2.17. The van der Waals surface area contributed by atoms with E-state index in [0.29, 0.717) is 6.04 Å². The first-order chi connectivity index (χ1) is 7.40. The maximum atomic E-state index is 9.02. The van der Waals surface area contributed by atoms with Crippen LogP contribution >= 0.6 is 0 Å². The average molecular weight is 206 g/mol. The maximum Gasteiger partial charge on any atom is 0.0558 e. The van der Waals surface area contributed by atoms with Crippen molar-refractivity contribution < 1.29 is 5.11 Å². The lowest BCUT2D eigenvalue weighted by Crippen LogP contribution is -2.57. The molecular formula is C12H18N2O. The van der Waals surface area contributed by atoms with Crippen LogP contribution in [0.15, 0.2) is 30.3 Å². The fourth-order valence-electron chi connectivity index (χ4n) is 1.87. The first-order valence-corrected chi connectivity index (χ1v) is 5.49. The third-order valence-corrected chi connectivity index (χ3v) is 2.89. The van der Waals surface area contributed by atoms with E-state index in [0.717, 1.165) is 26.2 Å². The van der Waals surface area contributed by atoms with Gasteiger partial charge in [0.05, 0.1) is 6.61 Å². The molecule has 0 saturated carbocycles. The van der Waals surface area contributed by atoms with Gasteiger partial charge >= 0.3 is 0 Å². The fourth-order valence-corrected chi connectivity index (χ4v) is 1.87. The standard InChI is InChI=1S/C12H18N2O/c15-7-6-14(12-8-13-9-12)10-11-4-2-1-3-5-11/h1-5,12-13,15H,6-10H2. The highest BCUT2D eigenvalue weighted by molar-refractivity contribution is 5.14. The van der Waals surface area contributed by atoms with E-state index in [1.165, 1.54) is 5.56 Å². The molecule has 1 aromatic rings. The molecule has 0 spiro atoms. The van der Waals surface area contributed by atoms with Crippen LogP contribution in [0.5, 0.6) is 0 Å². The Labute approximate surface area is 90.7 Å². The zero-order chi connectivity index (χ0) is 10.5. The van der Waals surface area contributed by atoms with Crippen LogP contribution in [0.3, 0.4) is 0 Å². The quantitative estimate of drug-likeness (QED) is 0.734. The summed E-state index contributed by atoms with van der Waals surface area (Å²) in [5, 5.41) is 12.3. The smallest absolute Gasteiger partial charge is 0.0558 e. The number of aliphatic hydroxyl groups is 1. The van der Waals surface area contributed by atoms with Gasteiger partial charge in [0.15, 0.2) is 0 Å². The van der Waals surface area contributed by atoms with Gasteiger partial charge in [0.1, 0.15) is 0 Å². The molecule has 0 radical (unpaired) electrons. The molecular weight excluding hydrogens is 188 g/mol. The summed E-state index contributed by atoms with van der Waals surface area (Å²) >= 11 is 0. The van der Waals surface area contributed by atoms with Gasteiger partial charge in [-0.05, 0) is 5.56 Å². The minimum atomic E-state index is 0.239. The monoisotopic (exact) mass is 206 g/mol. The number of hydrogen-bond acceptors (Lipinski definition) is 3. The summed E-state index contributed by atoms with van der Waals surface area (Å²) in [6.45, 7) is 4.04. The summed E-state index contributed by atoms with van der Waals surface area (Å²) in [5.74, 6) is 0. The highest BCUT2D eigenvalue weighted by Gasteiger charge is 2.23. The van der Waals surface area contributed by atoms with E-state index in [1.54, 1.807) is 0 Å². The van der Waals surface area contributed by atoms with Gasteiger partial charge in [0, 0.05) is 32.2 Å². The molecule has 1 heterocycles. The van der Waals surface area contributed by atoms with Crippen LogP contribution in [0.1, 0.15) is 5.56 Å². The lowest BCUT2D eigenvalue weighted by atomic mass is 10.1. The van der Waals surface area contributed by atoms with Gasteiger partial charge in [-0.3, -0.25) is 4.90 Å². The lowest BCUT2D eigenvalue weighted by molar-refractivity contribution is 0.109.